The third-order valence-electron chi connectivity index (χ3n) is 4.20. The molecule has 2 aromatic carbocycles. The first-order chi connectivity index (χ1) is 15.4. The Bertz CT molecular complexity index is 1230. The van der Waals surface area contributed by atoms with E-state index < -0.39 is 57.3 Å². The van der Waals surface area contributed by atoms with Gasteiger partial charge in [-0.2, -0.15) is 13.2 Å². The number of hydrogen-bond donors (Lipinski definition) is 3. The molecule has 33 heavy (non-hydrogen) atoms. The van der Waals surface area contributed by atoms with Crippen LogP contribution in [0.2, 0.25) is 10.0 Å². The molecule has 0 unspecified atom stereocenters. The molecule has 3 amide bonds. The van der Waals surface area contributed by atoms with Crippen molar-refractivity contribution >= 4 is 40.8 Å². The Hall–Kier alpha value is -3.44. The van der Waals surface area contributed by atoms with E-state index in [0.29, 0.717) is 6.20 Å². The van der Waals surface area contributed by atoms with Crippen LogP contribution in [0.25, 0.3) is 11.3 Å². The van der Waals surface area contributed by atoms with Gasteiger partial charge in [0.25, 0.3) is 5.91 Å². The molecule has 3 N–H and O–H groups in total. The van der Waals surface area contributed by atoms with Gasteiger partial charge in [-0.1, -0.05) is 29.3 Å². The number of aromatic nitrogens is 1. The zero-order chi connectivity index (χ0) is 24.5. The molecular weight excluding hydrogens is 496 g/mol. The molecule has 0 aliphatic carbocycles. The maximum atomic E-state index is 13.7. The second-order valence-corrected chi connectivity index (χ2v) is 7.16. The minimum Gasteiger partial charge on any atom is -0.504 e. The average molecular weight is 506 g/mol. The summed E-state index contributed by atoms with van der Waals surface area (Å²) >= 11 is 12.2. The van der Waals surface area contributed by atoms with Crippen molar-refractivity contribution in [3.05, 3.63) is 75.4 Å². The molecular formula is C20H10Cl2F5N3O3. The topological polar surface area (TPSA) is 91.3 Å². The van der Waals surface area contributed by atoms with E-state index in [1.807, 2.05) is 5.32 Å². The summed E-state index contributed by atoms with van der Waals surface area (Å²) in [6.07, 6.45) is -4.07. The molecule has 0 fully saturated rings. The van der Waals surface area contributed by atoms with Gasteiger partial charge in [-0.3, -0.25) is 15.1 Å². The van der Waals surface area contributed by atoms with Crippen molar-refractivity contribution in [3.63, 3.8) is 0 Å². The highest BCUT2D eigenvalue weighted by Crippen LogP contribution is 2.44. The summed E-state index contributed by atoms with van der Waals surface area (Å²) in [6, 6.07) is 4.08. The van der Waals surface area contributed by atoms with E-state index >= 15 is 0 Å². The van der Waals surface area contributed by atoms with Crippen LogP contribution in [0.4, 0.5) is 32.4 Å². The van der Waals surface area contributed by atoms with Crippen molar-refractivity contribution in [2.75, 3.05) is 5.32 Å². The van der Waals surface area contributed by atoms with Gasteiger partial charge in [0.1, 0.15) is 17.2 Å². The van der Waals surface area contributed by atoms with Gasteiger partial charge < -0.3 is 10.4 Å². The SMILES string of the molecule is O=C(NC(=O)c1c(F)cccc1F)Nc1cc(Cl)c(-c2ccc(C(F)(F)F)cn2)c(Cl)c1O. The third-order valence-corrected chi connectivity index (χ3v) is 4.87. The minimum atomic E-state index is -4.62. The molecule has 172 valence electrons. The van der Waals surface area contributed by atoms with E-state index in [9.17, 15) is 36.6 Å². The van der Waals surface area contributed by atoms with Gasteiger partial charge in [0, 0.05) is 11.8 Å². The highest BCUT2D eigenvalue weighted by atomic mass is 35.5. The summed E-state index contributed by atoms with van der Waals surface area (Å²) in [5, 5.41) is 13.3. The normalized spacial score (nSPS) is 11.2. The molecule has 0 saturated heterocycles. The molecule has 1 aromatic heterocycles. The lowest BCUT2D eigenvalue weighted by Crippen LogP contribution is -2.35. The standard InChI is InChI=1S/C20H10Cl2F5N3O3/c21-9-6-13(29-19(33)30-18(32)15-10(23)2-1-3-11(15)24)17(31)16(22)14(9)12-5-4-8(7-28-12)20(25,26)27/h1-7,31H,(H2,29,30,32,33). The molecule has 6 nitrogen and oxygen atoms in total. The summed E-state index contributed by atoms with van der Waals surface area (Å²) in [4.78, 5) is 27.7. The average Bonchev–Trinajstić information content (AvgIpc) is 2.71. The van der Waals surface area contributed by atoms with Gasteiger partial charge in [-0.05, 0) is 30.3 Å². The summed E-state index contributed by atoms with van der Waals surface area (Å²) in [5.74, 6) is -4.56. The van der Waals surface area contributed by atoms with E-state index in [4.69, 9.17) is 23.2 Å². The molecule has 0 aliphatic rings. The number of benzene rings is 2. The number of amides is 3. The highest BCUT2D eigenvalue weighted by Gasteiger charge is 2.31. The number of phenols is 1. The molecule has 13 heteroatoms. The lowest BCUT2D eigenvalue weighted by Gasteiger charge is -2.14. The van der Waals surface area contributed by atoms with Crippen LogP contribution < -0.4 is 10.6 Å². The lowest BCUT2D eigenvalue weighted by molar-refractivity contribution is -0.137. The predicted molar refractivity (Wildman–Crippen MR) is 109 cm³/mol. The molecule has 1 heterocycles. The van der Waals surface area contributed by atoms with Crippen molar-refractivity contribution in [3.8, 4) is 17.0 Å². The zero-order valence-corrected chi connectivity index (χ0v) is 17.4. The van der Waals surface area contributed by atoms with Crippen LogP contribution in [0.3, 0.4) is 0 Å². The number of urea groups is 1. The van der Waals surface area contributed by atoms with Crippen LogP contribution in [0, 0.1) is 11.6 Å². The predicted octanol–water partition coefficient (Wildman–Crippen LogP) is 6.02. The Morgan fingerprint density at radius 1 is 1.03 bits per heavy atom. The number of alkyl halides is 3. The van der Waals surface area contributed by atoms with Crippen LogP contribution in [-0.4, -0.2) is 22.0 Å². The molecule has 3 aromatic rings. The van der Waals surface area contributed by atoms with E-state index in [1.54, 1.807) is 5.32 Å². The molecule has 0 radical (unpaired) electrons. The van der Waals surface area contributed by atoms with E-state index in [2.05, 4.69) is 4.98 Å². The van der Waals surface area contributed by atoms with E-state index in [1.165, 1.54) is 0 Å². The van der Waals surface area contributed by atoms with Crippen molar-refractivity contribution in [1.29, 1.82) is 0 Å². The number of pyridine rings is 1. The highest BCUT2D eigenvalue weighted by molar-refractivity contribution is 6.40. The molecule has 0 spiro atoms. The van der Waals surface area contributed by atoms with Crippen molar-refractivity contribution in [2.45, 2.75) is 6.18 Å². The first-order valence-corrected chi connectivity index (χ1v) is 9.46. The molecule has 3 rings (SSSR count). The Morgan fingerprint density at radius 3 is 2.21 bits per heavy atom. The fourth-order valence-corrected chi connectivity index (χ4v) is 3.33. The number of nitrogens with zero attached hydrogens (tertiary/aromatic N) is 1. The number of carbonyl (C=O) groups is 2. The van der Waals surface area contributed by atoms with Gasteiger partial charge in [-0.15, -0.1) is 0 Å². The largest absolute Gasteiger partial charge is 0.504 e. The van der Waals surface area contributed by atoms with Gasteiger partial charge in [0.2, 0.25) is 0 Å². The van der Waals surface area contributed by atoms with E-state index in [0.717, 1.165) is 36.4 Å². The second-order valence-electron chi connectivity index (χ2n) is 6.38. The number of imide groups is 1. The number of aromatic hydroxyl groups is 1. The smallest absolute Gasteiger partial charge is 0.417 e. The molecule has 0 atom stereocenters. The van der Waals surface area contributed by atoms with Gasteiger partial charge in [-0.25, -0.2) is 13.6 Å². The molecule has 0 bridgehead atoms. The van der Waals surface area contributed by atoms with Crippen LogP contribution in [0.1, 0.15) is 15.9 Å². The summed E-state index contributed by atoms with van der Waals surface area (Å²) in [5.41, 5.74) is -2.65. The minimum absolute atomic E-state index is 0.102. The fourth-order valence-electron chi connectivity index (χ4n) is 2.68. The van der Waals surface area contributed by atoms with Crippen molar-refractivity contribution in [1.82, 2.24) is 10.3 Å². The molecule has 0 aliphatic heterocycles. The number of halogens is 7. The lowest BCUT2D eigenvalue weighted by atomic mass is 10.1. The Balaban J connectivity index is 1.84. The monoisotopic (exact) mass is 505 g/mol. The Labute approximate surface area is 192 Å². The van der Waals surface area contributed by atoms with Crippen molar-refractivity contribution in [2.24, 2.45) is 0 Å². The number of rotatable bonds is 3. The first-order valence-electron chi connectivity index (χ1n) is 8.71. The second kappa shape index (κ2) is 9.20. The maximum absolute atomic E-state index is 13.7. The van der Waals surface area contributed by atoms with Crippen LogP contribution in [0.15, 0.2) is 42.6 Å². The number of carbonyl (C=O) groups excluding carboxylic acids is 2. The Morgan fingerprint density at radius 2 is 1.67 bits per heavy atom. The number of anilines is 1. The zero-order valence-electron chi connectivity index (χ0n) is 15.9. The van der Waals surface area contributed by atoms with Crippen LogP contribution in [0.5, 0.6) is 5.75 Å². The summed E-state index contributed by atoms with van der Waals surface area (Å²) < 4.78 is 65.5. The van der Waals surface area contributed by atoms with Crippen LogP contribution in [-0.2, 0) is 6.18 Å². The third kappa shape index (κ3) is 5.15. The first kappa shape index (κ1) is 24.2. The number of nitrogens with one attached hydrogen (secondary N) is 2. The Kier molecular flexibility index (Phi) is 6.75. The van der Waals surface area contributed by atoms with E-state index in [-0.39, 0.29) is 16.3 Å². The quantitative estimate of drug-likeness (QED) is 0.300. The number of hydrogen-bond acceptors (Lipinski definition) is 4. The van der Waals surface area contributed by atoms with Crippen LogP contribution >= 0.6 is 23.2 Å². The molecule has 0 saturated carbocycles. The van der Waals surface area contributed by atoms with Crippen molar-refractivity contribution < 1.29 is 36.6 Å². The fraction of sp³-hybridized carbons (Fsp3) is 0.0500. The summed E-state index contributed by atoms with van der Waals surface area (Å²) in [6.45, 7) is 0. The maximum Gasteiger partial charge on any atom is 0.417 e. The van der Waals surface area contributed by atoms with Gasteiger partial charge >= 0.3 is 12.2 Å². The van der Waals surface area contributed by atoms with Gasteiger partial charge in [0.05, 0.1) is 27.0 Å². The summed E-state index contributed by atoms with van der Waals surface area (Å²) in [7, 11) is 0. The number of phenolic OH excluding ortho intramolecular Hbond substituents is 1. The van der Waals surface area contributed by atoms with Gasteiger partial charge in [0.15, 0.2) is 5.75 Å².